The van der Waals surface area contributed by atoms with Crippen molar-refractivity contribution in [3.05, 3.63) is 62.7 Å². The number of carbonyl (C=O) groups excluding carboxylic acids is 2. The van der Waals surface area contributed by atoms with Gasteiger partial charge in [0.05, 0.1) is 4.92 Å². The van der Waals surface area contributed by atoms with Gasteiger partial charge >= 0.3 is 5.97 Å². The zero-order valence-electron chi connectivity index (χ0n) is 15.5. The fourth-order valence-corrected chi connectivity index (χ4v) is 2.84. The van der Waals surface area contributed by atoms with Crippen LogP contribution in [0, 0.1) is 24.0 Å². The summed E-state index contributed by atoms with van der Waals surface area (Å²) < 4.78 is 10.5. The molecule has 2 aromatic rings. The van der Waals surface area contributed by atoms with Gasteiger partial charge in [0.1, 0.15) is 11.4 Å². The summed E-state index contributed by atoms with van der Waals surface area (Å²) in [5, 5.41) is 13.9. The number of nitrogens with one attached hydrogen (secondary N) is 1. The molecule has 0 saturated carbocycles. The van der Waals surface area contributed by atoms with Crippen molar-refractivity contribution in [1.82, 2.24) is 0 Å². The molecule has 8 nitrogen and oxygen atoms in total. The molecule has 2 rings (SSSR count). The topological polar surface area (TPSA) is 108 Å². The van der Waals surface area contributed by atoms with Crippen LogP contribution < -0.4 is 10.1 Å². The van der Waals surface area contributed by atoms with Gasteiger partial charge in [0.25, 0.3) is 11.6 Å². The van der Waals surface area contributed by atoms with Crippen molar-refractivity contribution in [1.29, 1.82) is 0 Å². The van der Waals surface area contributed by atoms with E-state index in [1.807, 2.05) is 0 Å². The molecule has 0 radical (unpaired) electrons. The van der Waals surface area contributed by atoms with Crippen LogP contribution in [0.15, 0.2) is 36.4 Å². The van der Waals surface area contributed by atoms with E-state index in [0.717, 1.165) is 11.1 Å². The van der Waals surface area contributed by atoms with Crippen LogP contribution in [0.3, 0.4) is 0 Å². The second-order valence-corrected chi connectivity index (χ2v) is 6.49. The zero-order chi connectivity index (χ0) is 20.8. The van der Waals surface area contributed by atoms with Crippen molar-refractivity contribution < 1.29 is 24.0 Å². The maximum absolute atomic E-state index is 12.2. The highest BCUT2D eigenvalue weighted by Gasteiger charge is 2.22. The molecule has 0 fully saturated rings. The number of halogens is 1. The third kappa shape index (κ3) is 5.43. The van der Waals surface area contributed by atoms with E-state index >= 15 is 0 Å². The minimum absolute atomic E-state index is 0.0177. The van der Waals surface area contributed by atoms with Gasteiger partial charge in [-0.3, -0.25) is 14.9 Å². The molecular formula is C19H19ClN2O6. The molecule has 1 N–H and O–H groups in total. The molecule has 148 valence electrons. The number of nitrogens with zero attached hydrogens (tertiary/aromatic N) is 1. The first-order valence-corrected chi connectivity index (χ1v) is 8.70. The number of aryl methyl sites for hydroxylation is 2. The largest absolute Gasteiger partial charge is 0.481 e. The van der Waals surface area contributed by atoms with Crippen molar-refractivity contribution in [2.24, 2.45) is 0 Å². The SMILES string of the molecule is Cc1cc(Cl)cc(C)c1OCC(=O)O[C@@H](C)C(=O)Nc1ccccc1[N+](=O)[O-]. The molecule has 0 aromatic heterocycles. The first kappa shape index (κ1) is 21.2. The van der Waals surface area contributed by atoms with Gasteiger partial charge in [0, 0.05) is 11.1 Å². The Kier molecular flexibility index (Phi) is 6.94. The number of hydrogen-bond acceptors (Lipinski definition) is 6. The number of carbonyl (C=O) groups is 2. The highest BCUT2D eigenvalue weighted by Crippen LogP contribution is 2.27. The van der Waals surface area contributed by atoms with E-state index in [2.05, 4.69) is 5.32 Å². The monoisotopic (exact) mass is 406 g/mol. The smallest absolute Gasteiger partial charge is 0.344 e. The molecule has 0 aliphatic heterocycles. The second-order valence-electron chi connectivity index (χ2n) is 6.05. The first-order chi connectivity index (χ1) is 13.2. The van der Waals surface area contributed by atoms with Crippen LogP contribution in [0.5, 0.6) is 5.75 Å². The van der Waals surface area contributed by atoms with Gasteiger partial charge in [0.15, 0.2) is 12.7 Å². The van der Waals surface area contributed by atoms with Crippen LogP contribution in [0.4, 0.5) is 11.4 Å². The number of hydrogen-bond donors (Lipinski definition) is 1. The van der Waals surface area contributed by atoms with Gasteiger partial charge in [-0.15, -0.1) is 0 Å². The molecule has 1 atom stereocenters. The van der Waals surface area contributed by atoms with Crippen LogP contribution in [0.1, 0.15) is 18.1 Å². The number of rotatable bonds is 7. The third-order valence-corrected chi connectivity index (χ3v) is 4.01. The Labute approximate surface area is 166 Å². The lowest BCUT2D eigenvalue weighted by molar-refractivity contribution is -0.383. The zero-order valence-corrected chi connectivity index (χ0v) is 16.3. The Morgan fingerprint density at radius 3 is 2.43 bits per heavy atom. The van der Waals surface area contributed by atoms with Crippen LogP contribution in [-0.2, 0) is 14.3 Å². The van der Waals surface area contributed by atoms with Gasteiger partial charge < -0.3 is 14.8 Å². The lowest BCUT2D eigenvalue weighted by Gasteiger charge is -2.15. The Bertz CT molecular complexity index is 892. The molecule has 0 unspecified atom stereocenters. The molecule has 1 amide bonds. The number of amides is 1. The van der Waals surface area contributed by atoms with E-state index in [0.29, 0.717) is 10.8 Å². The van der Waals surface area contributed by atoms with E-state index in [4.69, 9.17) is 21.1 Å². The number of ether oxygens (including phenoxy) is 2. The minimum Gasteiger partial charge on any atom is -0.481 e. The normalized spacial score (nSPS) is 11.4. The quantitative estimate of drug-likeness (QED) is 0.425. The van der Waals surface area contributed by atoms with E-state index in [1.165, 1.54) is 25.1 Å². The highest BCUT2D eigenvalue weighted by atomic mass is 35.5. The average Bonchev–Trinajstić information content (AvgIpc) is 2.60. The summed E-state index contributed by atoms with van der Waals surface area (Å²) in [5.74, 6) is -0.932. The summed E-state index contributed by atoms with van der Waals surface area (Å²) in [6.07, 6.45) is -1.16. The molecule has 0 heterocycles. The Morgan fingerprint density at radius 1 is 1.21 bits per heavy atom. The lowest BCUT2D eigenvalue weighted by atomic mass is 10.1. The van der Waals surface area contributed by atoms with Gasteiger partial charge in [-0.1, -0.05) is 23.7 Å². The van der Waals surface area contributed by atoms with Crippen LogP contribution >= 0.6 is 11.6 Å². The highest BCUT2D eigenvalue weighted by molar-refractivity contribution is 6.30. The van der Waals surface area contributed by atoms with Gasteiger partial charge in [-0.05, 0) is 50.1 Å². The molecule has 0 aliphatic carbocycles. The Balaban J connectivity index is 1.94. The number of esters is 1. The first-order valence-electron chi connectivity index (χ1n) is 8.32. The van der Waals surface area contributed by atoms with Crippen molar-refractivity contribution in [2.75, 3.05) is 11.9 Å². The second kappa shape index (κ2) is 9.18. The molecule has 0 aliphatic rings. The van der Waals surface area contributed by atoms with Crippen molar-refractivity contribution >= 4 is 34.9 Å². The fourth-order valence-electron chi connectivity index (χ4n) is 2.51. The lowest BCUT2D eigenvalue weighted by Crippen LogP contribution is -2.32. The molecule has 0 bridgehead atoms. The predicted octanol–water partition coefficient (Wildman–Crippen LogP) is 3.81. The van der Waals surface area contributed by atoms with Crippen molar-refractivity contribution in [3.63, 3.8) is 0 Å². The number of benzene rings is 2. The standard InChI is InChI=1S/C19H19ClN2O6/c1-11-8-14(20)9-12(2)18(11)27-10-17(23)28-13(3)19(24)21-15-6-4-5-7-16(15)22(25)26/h4-9,13H,10H2,1-3H3,(H,21,24)/t13-/m0/s1. The van der Waals surface area contributed by atoms with Crippen molar-refractivity contribution in [3.8, 4) is 5.75 Å². The van der Waals surface area contributed by atoms with E-state index < -0.39 is 29.5 Å². The summed E-state index contributed by atoms with van der Waals surface area (Å²) in [5.41, 5.74) is 1.29. The summed E-state index contributed by atoms with van der Waals surface area (Å²) >= 11 is 5.95. The van der Waals surface area contributed by atoms with E-state index in [9.17, 15) is 19.7 Å². The van der Waals surface area contributed by atoms with E-state index in [1.54, 1.807) is 32.0 Å². The molecule has 9 heteroatoms. The number of nitro benzene ring substituents is 1. The summed E-state index contributed by atoms with van der Waals surface area (Å²) in [6, 6.07) is 9.09. The number of nitro groups is 1. The molecule has 2 aromatic carbocycles. The fraction of sp³-hybridized carbons (Fsp3) is 0.263. The summed E-state index contributed by atoms with van der Waals surface area (Å²) in [7, 11) is 0. The van der Waals surface area contributed by atoms with Gasteiger partial charge in [0.2, 0.25) is 0 Å². The molecule has 28 heavy (non-hydrogen) atoms. The van der Waals surface area contributed by atoms with Crippen molar-refractivity contribution in [2.45, 2.75) is 26.9 Å². The summed E-state index contributed by atoms with van der Waals surface area (Å²) in [4.78, 5) is 34.5. The Morgan fingerprint density at radius 2 is 1.82 bits per heavy atom. The average molecular weight is 407 g/mol. The van der Waals surface area contributed by atoms with Crippen LogP contribution in [0.25, 0.3) is 0 Å². The molecule has 0 spiro atoms. The number of para-hydroxylation sites is 2. The van der Waals surface area contributed by atoms with Crippen LogP contribution in [0.2, 0.25) is 5.02 Å². The van der Waals surface area contributed by atoms with Crippen LogP contribution in [-0.4, -0.2) is 29.5 Å². The van der Waals surface area contributed by atoms with E-state index in [-0.39, 0.29) is 11.4 Å². The minimum atomic E-state index is -1.16. The molecule has 0 saturated heterocycles. The number of anilines is 1. The van der Waals surface area contributed by atoms with Gasteiger partial charge in [-0.25, -0.2) is 4.79 Å². The maximum atomic E-state index is 12.2. The summed E-state index contributed by atoms with van der Waals surface area (Å²) in [6.45, 7) is 4.55. The Hall–Kier alpha value is -3.13. The molecular weight excluding hydrogens is 388 g/mol. The maximum Gasteiger partial charge on any atom is 0.344 e. The van der Waals surface area contributed by atoms with Gasteiger partial charge in [-0.2, -0.15) is 0 Å². The predicted molar refractivity (Wildman–Crippen MR) is 104 cm³/mol. The third-order valence-electron chi connectivity index (χ3n) is 3.80.